The number of likely N-dealkylation sites (tertiary alicyclic amines) is 2. The molecule has 2 heterocycles. The minimum absolute atomic E-state index is 0.0126. The highest BCUT2D eigenvalue weighted by molar-refractivity contribution is 5.99. The highest BCUT2D eigenvalue weighted by Gasteiger charge is 2.43. The van der Waals surface area contributed by atoms with E-state index in [1.54, 1.807) is 13.8 Å². The van der Waals surface area contributed by atoms with Gasteiger partial charge in [0.05, 0.1) is 39.3 Å². The number of carbonyl (C=O) groups is 14. The first-order valence-corrected chi connectivity index (χ1v) is 27.2. The normalized spacial score (nSPS) is 17.5. The van der Waals surface area contributed by atoms with Gasteiger partial charge in [-0.05, 0) is 63.2 Å². The first kappa shape index (κ1) is 71.8. The lowest BCUT2D eigenvalue weighted by Gasteiger charge is -2.32. The molecule has 84 heavy (non-hydrogen) atoms. The lowest BCUT2D eigenvalue weighted by molar-refractivity contribution is -0.145. The van der Waals surface area contributed by atoms with Gasteiger partial charge in [-0.25, -0.2) is 4.79 Å². The third-order valence-corrected chi connectivity index (χ3v) is 13.2. The molecule has 35 heteroatoms. The summed E-state index contributed by atoms with van der Waals surface area (Å²) in [7, 11) is 0. The molecule has 0 unspecified atom stereocenters. The zero-order valence-electron chi connectivity index (χ0n) is 47.4. The minimum Gasteiger partial charge on any atom is -0.480 e. The van der Waals surface area contributed by atoms with Gasteiger partial charge in [-0.1, -0.05) is 27.7 Å². The van der Waals surface area contributed by atoms with Crippen LogP contribution in [0.2, 0.25) is 0 Å². The summed E-state index contributed by atoms with van der Waals surface area (Å²) in [6.45, 7) is 2.33. The van der Waals surface area contributed by atoms with Crippen LogP contribution < -0.4 is 76.5 Å². The quantitative estimate of drug-likeness (QED) is 0.0157. The third-order valence-electron chi connectivity index (χ3n) is 13.2. The van der Waals surface area contributed by atoms with Crippen LogP contribution >= 0.6 is 0 Å². The number of amides is 13. The fourth-order valence-corrected chi connectivity index (χ4v) is 8.80. The van der Waals surface area contributed by atoms with Crippen LogP contribution in [0.5, 0.6) is 0 Å². The number of carbonyl (C=O) groups excluding carboxylic acids is 13. The van der Waals surface area contributed by atoms with E-state index in [0.717, 1.165) is 4.90 Å². The molecule has 0 bridgehead atoms. The summed E-state index contributed by atoms with van der Waals surface area (Å²) < 4.78 is 0. The number of carboxylic acid groups (broad SMARTS) is 1. The Morgan fingerprint density at radius 2 is 1.05 bits per heavy atom. The van der Waals surface area contributed by atoms with E-state index in [2.05, 4.69) is 52.8 Å². The number of hydrogen-bond donors (Lipinski definition) is 18. The van der Waals surface area contributed by atoms with Crippen molar-refractivity contribution in [1.29, 1.82) is 0 Å². The number of guanidine groups is 1. The molecule has 0 aromatic rings. The molecule has 13 amide bonds. The number of primary amides is 2. The summed E-state index contributed by atoms with van der Waals surface area (Å²) in [6, 6.07) is -14.4. The number of hydrogen-bond acceptors (Lipinski definition) is 19. The molecular formula is C49H83N17O18. The van der Waals surface area contributed by atoms with E-state index in [0.29, 0.717) is 6.42 Å². The van der Waals surface area contributed by atoms with E-state index >= 15 is 0 Å². The van der Waals surface area contributed by atoms with E-state index < -0.39 is 201 Å². The van der Waals surface area contributed by atoms with Crippen molar-refractivity contribution in [3.8, 4) is 0 Å². The topological polar surface area (TPSA) is 577 Å². The predicted octanol–water partition coefficient (Wildman–Crippen LogP) is -10.1. The van der Waals surface area contributed by atoms with Crippen LogP contribution in [0.25, 0.3) is 0 Å². The SMILES string of the molecule is CC(C)C[C@H](NC(=O)[C@@H]1CCCN1C(=O)[C@H](CO)NC(=O)CNC(=O)CNC(=O)[C@H](CCC(N)=O)NC(=O)[C@H](CC(N)=O)NC(=O)[C@@H](N)CO)C(=O)N1CCC[C@H]1C(=O)N[C@@H](CCCN=C(N)N)C(=O)N[C@@H](CO)C(=O)N[C@H](C(=O)O)C(C)C. The molecule has 2 rings (SSSR count). The van der Waals surface area contributed by atoms with E-state index in [4.69, 9.17) is 33.8 Å². The monoisotopic (exact) mass is 1200 g/mol. The predicted molar refractivity (Wildman–Crippen MR) is 292 cm³/mol. The van der Waals surface area contributed by atoms with Crippen molar-refractivity contribution in [2.45, 2.75) is 152 Å². The second-order valence-electron chi connectivity index (χ2n) is 20.8. The molecule has 0 radical (unpaired) electrons. The zero-order valence-corrected chi connectivity index (χ0v) is 47.4. The number of rotatable bonds is 36. The Kier molecular flexibility index (Phi) is 30.5. The minimum atomic E-state index is -1.68. The van der Waals surface area contributed by atoms with Crippen LogP contribution in [0.1, 0.15) is 91.9 Å². The number of nitrogens with zero attached hydrogens (tertiary/aromatic N) is 3. The van der Waals surface area contributed by atoms with E-state index in [1.807, 2.05) is 0 Å². The zero-order chi connectivity index (χ0) is 63.5. The van der Waals surface area contributed by atoms with Gasteiger partial charge < -0.3 is 107 Å². The number of aliphatic hydroxyl groups is 3. The number of aliphatic carboxylic acids is 1. The second kappa shape index (κ2) is 35.6. The molecule has 472 valence electrons. The van der Waals surface area contributed by atoms with Crippen LogP contribution in [0.3, 0.4) is 0 Å². The maximum Gasteiger partial charge on any atom is 0.326 e. The van der Waals surface area contributed by atoms with Gasteiger partial charge in [0.25, 0.3) is 0 Å². The standard InChI is InChI=1S/C49H83N17O18/c1-23(2)16-29(46(81)65-14-6-9-32(65)44(79)60-26(8-5-13-55-49(53)54)41(76)63-30(21-68)43(78)64-38(24(3)4)48(83)84)62-45(80)33-10-7-15-66(33)47(82)31(22-69)58-37(73)19-56-36(72)18-57-40(75)27(11-12-34(51)70)59-42(77)28(17-35(52)71)61-39(74)25(50)20-67/h23-33,38,67-69H,5-22,50H2,1-4H3,(H2,51,70)(H2,52,71)(H,56,72)(H,57,75)(H,58,73)(H,59,77)(H,60,79)(H,61,74)(H,62,80)(H,63,76)(H,64,78)(H,83,84)(H4,53,54,55)/t25-,26-,27-,28-,29-,30-,31-,32-,33-,38-/m0/s1. The molecule has 0 aromatic carbocycles. The molecule has 10 atom stereocenters. The van der Waals surface area contributed by atoms with Gasteiger partial charge in [0.15, 0.2) is 5.96 Å². The largest absolute Gasteiger partial charge is 0.480 e. The summed E-state index contributed by atoms with van der Waals surface area (Å²) in [4.78, 5) is 188. The van der Waals surface area contributed by atoms with Gasteiger partial charge in [0, 0.05) is 26.1 Å². The summed E-state index contributed by atoms with van der Waals surface area (Å²) in [5.74, 6) is -14.6. The molecule has 35 nitrogen and oxygen atoms in total. The molecule has 2 aliphatic heterocycles. The molecule has 2 fully saturated rings. The van der Waals surface area contributed by atoms with Crippen molar-refractivity contribution in [3.05, 3.63) is 0 Å². The third kappa shape index (κ3) is 23.9. The maximum atomic E-state index is 14.4. The molecule has 2 saturated heterocycles. The second-order valence-corrected chi connectivity index (χ2v) is 20.8. The van der Waals surface area contributed by atoms with Crippen molar-refractivity contribution in [2.75, 3.05) is 52.5 Å². The van der Waals surface area contributed by atoms with Gasteiger partial charge in [-0.2, -0.15) is 0 Å². The lowest BCUT2D eigenvalue weighted by atomic mass is 10.0. The van der Waals surface area contributed by atoms with Crippen LogP contribution in [0, 0.1) is 11.8 Å². The summed E-state index contributed by atoms with van der Waals surface area (Å²) in [5.41, 5.74) is 26.7. The van der Waals surface area contributed by atoms with E-state index in [-0.39, 0.29) is 70.0 Å². The number of carboxylic acids is 1. The molecule has 0 aliphatic carbocycles. The summed E-state index contributed by atoms with van der Waals surface area (Å²) >= 11 is 0. The first-order valence-electron chi connectivity index (χ1n) is 27.2. The highest BCUT2D eigenvalue weighted by Crippen LogP contribution is 2.23. The Morgan fingerprint density at radius 3 is 1.55 bits per heavy atom. The average Bonchev–Trinajstić information content (AvgIpc) is 3.79. The number of nitrogens with two attached hydrogens (primary N) is 5. The van der Waals surface area contributed by atoms with Crippen molar-refractivity contribution in [2.24, 2.45) is 45.5 Å². The molecule has 0 spiro atoms. The van der Waals surface area contributed by atoms with E-state index in [9.17, 15) is 82.4 Å². The van der Waals surface area contributed by atoms with Crippen LogP contribution in [-0.4, -0.2) is 232 Å². The Hall–Kier alpha value is -8.31. The maximum absolute atomic E-state index is 14.4. The smallest absolute Gasteiger partial charge is 0.326 e. The first-order chi connectivity index (χ1) is 39.4. The molecule has 0 saturated carbocycles. The summed E-state index contributed by atoms with van der Waals surface area (Å²) in [5, 5.41) is 59.9. The highest BCUT2D eigenvalue weighted by atomic mass is 16.4. The fourth-order valence-electron chi connectivity index (χ4n) is 8.80. The molecule has 0 aromatic heterocycles. The van der Waals surface area contributed by atoms with Crippen molar-refractivity contribution < 1.29 is 87.5 Å². The fraction of sp³-hybridized carbons (Fsp3) is 0.694. The van der Waals surface area contributed by atoms with E-state index in [1.165, 1.54) is 18.7 Å². The average molecular weight is 1200 g/mol. The van der Waals surface area contributed by atoms with Gasteiger partial charge in [0.2, 0.25) is 76.8 Å². The molecule has 2 aliphatic rings. The Bertz CT molecular complexity index is 2410. The van der Waals surface area contributed by atoms with Gasteiger partial charge in [-0.15, -0.1) is 0 Å². The van der Waals surface area contributed by atoms with Crippen molar-refractivity contribution in [1.82, 2.24) is 57.7 Å². The summed E-state index contributed by atoms with van der Waals surface area (Å²) in [6.07, 6.45) is -0.706. The van der Waals surface area contributed by atoms with Gasteiger partial charge >= 0.3 is 5.97 Å². The number of nitrogens with one attached hydrogen (secondary N) is 9. The Balaban J connectivity index is 2.16. The van der Waals surface area contributed by atoms with Crippen molar-refractivity contribution >= 4 is 88.7 Å². The van der Waals surface area contributed by atoms with Crippen LogP contribution in [-0.2, 0) is 67.1 Å². The number of aliphatic hydroxyl groups excluding tert-OH is 3. The van der Waals surface area contributed by atoms with Gasteiger partial charge in [0.1, 0.15) is 60.4 Å². The van der Waals surface area contributed by atoms with Crippen LogP contribution in [0.15, 0.2) is 4.99 Å². The lowest BCUT2D eigenvalue weighted by Crippen LogP contribution is -2.60. The van der Waals surface area contributed by atoms with Crippen molar-refractivity contribution in [3.63, 3.8) is 0 Å². The van der Waals surface area contributed by atoms with Gasteiger partial charge in [-0.3, -0.25) is 67.3 Å². The Labute approximate surface area is 483 Å². The number of aliphatic imine (C=N–C) groups is 1. The Morgan fingerprint density at radius 1 is 0.548 bits per heavy atom. The molecular weight excluding hydrogens is 1110 g/mol. The molecule has 23 N–H and O–H groups in total. The van der Waals surface area contributed by atoms with Crippen LogP contribution in [0.4, 0.5) is 0 Å².